The average molecular weight is 289 g/mol. The Balaban J connectivity index is 1.66. The summed E-state index contributed by atoms with van der Waals surface area (Å²) in [5, 5.41) is 8.81. The minimum atomic E-state index is -0.123. The number of carbonyl (C=O) groups is 2. The summed E-state index contributed by atoms with van der Waals surface area (Å²) in [6.07, 6.45) is 3.65. The van der Waals surface area contributed by atoms with Gasteiger partial charge in [0.25, 0.3) is 0 Å². The summed E-state index contributed by atoms with van der Waals surface area (Å²) in [6, 6.07) is 10.2. The fraction of sp³-hybridized carbons (Fsp3) is 0.500. The molecule has 5 heteroatoms. The molecule has 0 atom stereocenters. The quantitative estimate of drug-likeness (QED) is 0.792. The van der Waals surface area contributed by atoms with Gasteiger partial charge in [0.15, 0.2) is 0 Å². The number of carbonyl (C=O) groups excluding carboxylic acids is 2. The lowest BCUT2D eigenvalue weighted by Crippen LogP contribution is -2.46. The van der Waals surface area contributed by atoms with Gasteiger partial charge in [0.05, 0.1) is 0 Å². The van der Waals surface area contributed by atoms with E-state index >= 15 is 0 Å². The minimum Gasteiger partial charge on any atom is -0.354 e. The Hall–Kier alpha value is -2.04. The Labute approximate surface area is 125 Å². The molecular weight excluding hydrogens is 266 g/mol. The summed E-state index contributed by atoms with van der Waals surface area (Å²) in [5.74, 6) is 0.0204. The van der Waals surface area contributed by atoms with Gasteiger partial charge in [-0.25, -0.2) is 4.79 Å². The van der Waals surface area contributed by atoms with E-state index in [1.165, 1.54) is 0 Å². The minimum absolute atomic E-state index is 0.0204. The average Bonchev–Trinajstić information content (AvgIpc) is 2.48. The van der Waals surface area contributed by atoms with E-state index in [4.69, 9.17) is 0 Å². The zero-order chi connectivity index (χ0) is 15.1. The molecule has 1 fully saturated rings. The second-order valence-electron chi connectivity index (χ2n) is 5.56. The van der Waals surface area contributed by atoms with E-state index in [2.05, 4.69) is 16.0 Å². The maximum Gasteiger partial charge on any atom is 0.315 e. The van der Waals surface area contributed by atoms with Crippen LogP contribution in [0.25, 0.3) is 0 Å². The molecule has 21 heavy (non-hydrogen) atoms. The van der Waals surface area contributed by atoms with Crippen LogP contribution in [0.2, 0.25) is 0 Å². The number of amides is 3. The van der Waals surface area contributed by atoms with Crippen LogP contribution in [0, 0.1) is 0 Å². The largest absolute Gasteiger partial charge is 0.354 e. The Morgan fingerprint density at radius 2 is 1.57 bits per heavy atom. The van der Waals surface area contributed by atoms with Crippen LogP contribution in [0.5, 0.6) is 0 Å². The number of hydrogen-bond donors (Lipinski definition) is 3. The molecule has 2 rings (SSSR count). The molecule has 0 aromatic heterocycles. The van der Waals surface area contributed by atoms with Gasteiger partial charge >= 0.3 is 6.03 Å². The van der Waals surface area contributed by atoms with Crippen molar-refractivity contribution in [1.82, 2.24) is 16.0 Å². The van der Waals surface area contributed by atoms with Crippen molar-refractivity contribution in [3.63, 3.8) is 0 Å². The molecule has 1 aromatic rings. The summed E-state index contributed by atoms with van der Waals surface area (Å²) in [4.78, 5) is 22.9. The van der Waals surface area contributed by atoms with Crippen molar-refractivity contribution >= 4 is 11.9 Å². The number of hydrogen-bond acceptors (Lipinski definition) is 2. The second kappa shape index (κ2) is 7.67. The van der Waals surface area contributed by atoms with Crippen molar-refractivity contribution in [3.8, 4) is 0 Å². The van der Waals surface area contributed by atoms with Crippen LogP contribution in [0.4, 0.5) is 4.79 Å². The van der Waals surface area contributed by atoms with E-state index in [-0.39, 0.29) is 24.0 Å². The van der Waals surface area contributed by atoms with Gasteiger partial charge in [0.2, 0.25) is 5.91 Å². The molecule has 1 aliphatic carbocycles. The fourth-order valence-electron chi connectivity index (χ4n) is 2.68. The van der Waals surface area contributed by atoms with E-state index in [0.717, 1.165) is 31.2 Å². The smallest absolute Gasteiger partial charge is 0.315 e. The van der Waals surface area contributed by atoms with Gasteiger partial charge in [-0.1, -0.05) is 30.3 Å². The highest BCUT2D eigenvalue weighted by Crippen LogP contribution is 2.18. The van der Waals surface area contributed by atoms with Gasteiger partial charge in [-0.05, 0) is 31.2 Å². The summed E-state index contributed by atoms with van der Waals surface area (Å²) < 4.78 is 0. The van der Waals surface area contributed by atoms with Gasteiger partial charge < -0.3 is 16.0 Å². The zero-order valence-electron chi connectivity index (χ0n) is 12.4. The number of benzene rings is 1. The van der Waals surface area contributed by atoms with Crippen LogP contribution >= 0.6 is 0 Å². The normalized spacial score (nSPS) is 21.4. The Kier molecular flexibility index (Phi) is 5.60. The maximum atomic E-state index is 11.9. The van der Waals surface area contributed by atoms with Crippen molar-refractivity contribution < 1.29 is 9.59 Å². The van der Waals surface area contributed by atoms with Crippen LogP contribution in [0.1, 0.15) is 38.2 Å². The molecule has 1 saturated carbocycles. The molecule has 3 N–H and O–H groups in total. The summed E-state index contributed by atoms with van der Waals surface area (Å²) in [5.41, 5.74) is 1.09. The highest BCUT2D eigenvalue weighted by Gasteiger charge is 2.22. The molecule has 0 bridgehead atoms. The van der Waals surface area contributed by atoms with Gasteiger partial charge in [0.1, 0.15) is 0 Å². The molecular formula is C16H23N3O2. The summed E-state index contributed by atoms with van der Waals surface area (Å²) in [6.45, 7) is 2.08. The first-order chi connectivity index (χ1) is 10.1. The first-order valence-electron chi connectivity index (χ1n) is 7.49. The predicted molar refractivity (Wildman–Crippen MR) is 81.7 cm³/mol. The van der Waals surface area contributed by atoms with Crippen molar-refractivity contribution in [3.05, 3.63) is 35.9 Å². The van der Waals surface area contributed by atoms with Crippen LogP contribution in [0.15, 0.2) is 30.3 Å². The lowest BCUT2D eigenvalue weighted by atomic mass is 9.91. The van der Waals surface area contributed by atoms with E-state index in [9.17, 15) is 9.59 Å². The fourth-order valence-corrected chi connectivity index (χ4v) is 2.68. The highest BCUT2D eigenvalue weighted by molar-refractivity contribution is 5.74. The highest BCUT2D eigenvalue weighted by atomic mass is 16.2. The molecule has 0 saturated heterocycles. The van der Waals surface area contributed by atoms with Crippen molar-refractivity contribution in [2.24, 2.45) is 0 Å². The van der Waals surface area contributed by atoms with Crippen LogP contribution in [0.3, 0.4) is 0 Å². The summed E-state index contributed by atoms with van der Waals surface area (Å²) in [7, 11) is 0. The monoisotopic (exact) mass is 289 g/mol. The Bertz CT molecular complexity index is 468. The predicted octanol–water partition coefficient (Wildman–Crippen LogP) is 1.93. The first kappa shape index (κ1) is 15.4. The molecule has 0 aliphatic heterocycles. The van der Waals surface area contributed by atoms with Crippen molar-refractivity contribution in [2.45, 2.75) is 51.2 Å². The second-order valence-corrected chi connectivity index (χ2v) is 5.56. The molecule has 0 spiro atoms. The molecule has 3 amide bonds. The van der Waals surface area contributed by atoms with E-state index in [1.807, 2.05) is 30.3 Å². The topological polar surface area (TPSA) is 70.2 Å². The summed E-state index contributed by atoms with van der Waals surface area (Å²) >= 11 is 0. The third kappa shape index (κ3) is 5.45. The molecule has 1 aliphatic rings. The first-order valence-corrected chi connectivity index (χ1v) is 7.49. The number of rotatable bonds is 4. The van der Waals surface area contributed by atoms with E-state index in [0.29, 0.717) is 6.54 Å². The van der Waals surface area contributed by atoms with Gasteiger partial charge in [-0.15, -0.1) is 0 Å². The molecule has 114 valence electrons. The third-order valence-corrected chi connectivity index (χ3v) is 3.77. The number of urea groups is 1. The van der Waals surface area contributed by atoms with Crippen LogP contribution in [-0.2, 0) is 11.3 Å². The molecule has 0 radical (unpaired) electrons. The lowest BCUT2D eigenvalue weighted by molar-refractivity contribution is -0.119. The Morgan fingerprint density at radius 3 is 2.14 bits per heavy atom. The van der Waals surface area contributed by atoms with E-state index in [1.54, 1.807) is 6.92 Å². The van der Waals surface area contributed by atoms with Gasteiger partial charge in [-0.2, -0.15) is 0 Å². The number of nitrogens with one attached hydrogen (secondary N) is 3. The van der Waals surface area contributed by atoms with Gasteiger partial charge in [0, 0.05) is 25.6 Å². The third-order valence-electron chi connectivity index (χ3n) is 3.77. The van der Waals surface area contributed by atoms with Crippen LogP contribution < -0.4 is 16.0 Å². The van der Waals surface area contributed by atoms with Gasteiger partial charge in [-0.3, -0.25) is 4.79 Å². The van der Waals surface area contributed by atoms with Crippen molar-refractivity contribution in [1.29, 1.82) is 0 Å². The molecule has 5 nitrogen and oxygen atoms in total. The molecule has 0 heterocycles. The van der Waals surface area contributed by atoms with Crippen LogP contribution in [-0.4, -0.2) is 24.0 Å². The maximum absolute atomic E-state index is 11.9. The van der Waals surface area contributed by atoms with Crippen molar-refractivity contribution in [2.75, 3.05) is 0 Å². The van der Waals surface area contributed by atoms with E-state index < -0.39 is 0 Å². The molecule has 0 unspecified atom stereocenters. The Morgan fingerprint density at radius 1 is 1.00 bits per heavy atom. The standard InChI is InChI=1S/C16H23N3O2/c1-12(20)18-14-7-9-15(10-8-14)19-16(21)17-11-13-5-3-2-4-6-13/h2-6,14-15H,7-11H2,1H3,(H,18,20)(H2,17,19,21). The lowest BCUT2D eigenvalue weighted by Gasteiger charge is -2.29. The SMILES string of the molecule is CC(=O)NC1CCC(NC(=O)NCc2ccccc2)CC1. The molecule has 1 aromatic carbocycles. The zero-order valence-corrected chi connectivity index (χ0v) is 12.4.